The zero-order chi connectivity index (χ0) is 22.7. The molecule has 0 saturated carbocycles. The summed E-state index contributed by atoms with van der Waals surface area (Å²) in [5.41, 5.74) is 0. The van der Waals surface area contributed by atoms with Gasteiger partial charge in [0.05, 0.1) is 0 Å². The summed E-state index contributed by atoms with van der Waals surface area (Å²) in [6.07, 6.45) is 24.6. The molecule has 3 heteroatoms. The average molecular weight is 594 g/mol. The van der Waals surface area contributed by atoms with Gasteiger partial charge >= 0.3 is 175 Å². The first kappa shape index (κ1) is 25.8. The van der Waals surface area contributed by atoms with E-state index in [9.17, 15) is 0 Å². The van der Waals surface area contributed by atoms with E-state index < -0.39 is 0 Å². The van der Waals surface area contributed by atoms with Crippen LogP contribution in [0.15, 0.2) is 29.0 Å². The van der Waals surface area contributed by atoms with Gasteiger partial charge in [0.15, 0.2) is 0 Å². The van der Waals surface area contributed by atoms with Crippen LogP contribution in [0.3, 0.4) is 0 Å². The van der Waals surface area contributed by atoms with Crippen molar-refractivity contribution in [3.05, 3.63) is 32.5 Å². The van der Waals surface area contributed by atoms with Gasteiger partial charge in [0, 0.05) is 0 Å². The van der Waals surface area contributed by atoms with E-state index in [1.807, 2.05) is 22.7 Å². The van der Waals surface area contributed by atoms with Gasteiger partial charge in [-0.15, -0.1) is 0 Å². The molecule has 0 aliphatic heterocycles. The summed E-state index contributed by atoms with van der Waals surface area (Å²) in [4.78, 5) is 0. The summed E-state index contributed by atoms with van der Waals surface area (Å²) in [7, 11) is 0. The van der Waals surface area contributed by atoms with E-state index in [4.69, 9.17) is 0 Å². The van der Waals surface area contributed by atoms with E-state index in [1.165, 1.54) is 119 Å². The molecule has 0 bridgehead atoms. The van der Waals surface area contributed by atoms with Crippen LogP contribution in [0.5, 0.6) is 0 Å². The van der Waals surface area contributed by atoms with Gasteiger partial charge in [-0.1, -0.05) is 45.4 Å². The number of benzene rings is 1. The fourth-order valence-corrected chi connectivity index (χ4v) is 10.9. The Labute approximate surface area is 219 Å². The van der Waals surface area contributed by atoms with Crippen LogP contribution in [-0.4, -0.2) is 20.4 Å². The van der Waals surface area contributed by atoms with Gasteiger partial charge in [-0.05, 0) is 0 Å². The SMILES string of the molecule is CCCCCCCCCCCCCCCCCCc1cc2c3ccsc3c3sccc3c2[te]1. The fourth-order valence-electron chi connectivity index (χ4n) is 5.17. The second-order valence-electron chi connectivity index (χ2n) is 9.84. The van der Waals surface area contributed by atoms with Gasteiger partial charge in [0.25, 0.3) is 0 Å². The summed E-state index contributed by atoms with van der Waals surface area (Å²) in [5, 5.41) is 9.27. The number of rotatable bonds is 17. The molecule has 33 heavy (non-hydrogen) atoms. The molecule has 0 fully saturated rings. The molecule has 4 aromatic rings. The first-order valence-electron chi connectivity index (χ1n) is 13.7. The van der Waals surface area contributed by atoms with Gasteiger partial charge in [0.1, 0.15) is 0 Å². The Morgan fingerprint density at radius 2 is 1.06 bits per heavy atom. The number of fused-ring (bicyclic) bond motifs is 6. The molecule has 0 radical (unpaired) electrons. The Balaban J connectivity index is 1.06. The van der Waals surface area contributed by atoms with Crippen molar-refractivity contribution in [1.82, 2.24) is 0 Å². The molecule has 0 amide bonds. The Hall–Kier alpha value is -0.330. The van der Waals surface area contributed by atoms with Crippen molar-refractivity contribution in [2.75, 3.05) is 0 Å². The number of hydrogen-bond acceptors (Lipinski definition) is 2. The number of hydrogen-bond donors (Lipinski definition) is 0. The fraction of sp³-hybridized carbons (Fsp3) is 0.600. The Morgan fingerprint density at radius 3 is 1.64 bits per heavy atom. The molecule has 0 atom stereocenters. The monoisotopic (exact) mass is 596 g/mol. The van der Waals surface area contributed by atoms with Crippen LogP contribution in [0.25, 0.3) is 29.0 Å². The van der Waals surface area contributed by atoms with E-state index >= 15 is 0 Å². The van der Waals surface area contributed by atoms with E-state index in [2.05, 4.69) is 35.9 Å². The quantitative estimate of drug-likeness (QED) is 0.0843. The third kappa shape index (κ3) is 7.33. The van der Waals surface area contributed by atoms with Gasteiger partial charge < -0.3 is 0 Å². The molecule has 0 nitrogen and oxygen atoms in total. The Kier molecular flexibility index (Phi) is 11.1. The molecule has 0 aliphatic rings. The van der Waals surface area contributed by atoms with Crippen molar-refractivity contribution in [1.29, 1.82) is 0 Å². The van der Waals surface area contributed by atoms with Crippen LogP contribution in [0.4, 0.5) is 0 Å². The first-order valence-corrected chi connectivity index (χ1v) is 17.8. The molecule has 0 N–H and O–H groups in total. The van der Waals surface area contributed by atoms with Gasteiger partial charge in [-0.25, -0.2) is 0 Å². The second kappa shape index (κ2) is 14.3. The number of thiophene rings is 2. The second-order valence-corrected chi connectivity index (χ2v) is 14.9. The van der Waals surface area contributed by atoms with Crippen LogP contribution in [0.2, 0.25) is 0 Å². The zero-order valence-corrected chi connectivity index (χ0v) is 24.6. The number of unbranched alkanes of at least 4 members (excludes halogenated alkanes) is 15. The van der Waals surface area contributed by atoms with Crippen molar-refractivity contribution in [3.63, 3.8) is 0 Å². The Bertz CT molecular complexity index is 1020. The molecule has 1 aromatic carbocycles. The molecule has 0 aliphatic carbocycles. The average Bonchev–Trinajstić information content (AvgIpc) is 3.56. The standard InChI is InChI=1S/C30H42S2Te/c1-2-3-4-5-6-7-8-9-10-11-12-13-14-15-16-17-18-24-23-27-25-19-21-31-28(25)29-26(20-22-32-29)30(27)33-24/h19-23H,2-18H2,1H3. The van der Waals surface area contributed by atoms with E-state index in [-0.39, 0.29) is 20.4 Å². The topological polar surface area (TPSA) is 0 Å². The maximum absolute atomic E-state index is 2.59. The maximum atomic E-state index is 2.59. The summed E-state index contributed by atoms with van der Waals surface area (Å²) in [6, 6.07) is 7.34. The molecule has 0 saturated heterocycles. The third-order valence-corrected chi connectivity index (χ3v) is 12.6. The Morgan fingerprint density at radius 1 is 0.576 bits per heavy atom. The summed E-state index contributed by atoms with van der Waals surface area (Å²) in [6.45, 7) is 2.30. The first-order chi connectivity index (χ1) is 16.4. The van der Waals surface area contributed by atoms with Gasteiger partial charge in [0.2, 0.25) is 0 Å². The molecule has 4 rings (SSSR count). The zero-order valence-electron chi connectivity index (χ0n) is 20.6. The number of aryl methyl sites for hydroxylation is 1. The van der Waals surface area contributed by atoms with Crippen LogP contribution in [0.1, 0.15) is 113 Å². The summed E-state index contributed by atoms with van der Waals surface area (Å²) < 4.78 is 6.59. The molecule has 180 valence electrons. The normalized spacial score (nSPS) is 12.0. The van der Waals surface area contributed by atoms with Crippen molar-refractivity contribution >= 4 is 72.1 Å². The van der Waals surface area contributed by atoms with Crippen LogP contribution < -0.4 is 0 Å². The predicted octanol–water partition coefficient (Wildman–Crippen LogP) is 11.1. The molecule has 0 spiro atoms. The summed E-state index contributed by atoms with van der Waals surface area (Å²) >= 11 is 3.71. The van der Waals surface area contributed by atoms with E-state index in [1.54, 1.807) is 22.5 Å². The van der Waals surface area contributed by atoms with Crippen LogP contribution in [-0.2, 0) is 6.42 Å². The van der Waals surface area contributed by atoms with Crippen molar-refractivity contribution in [2.45, 2.75) is 116 Å². The molecular weight excluding hydrogens is 552 g/mol. The van der Waals surface area contributed by atoms with Gasteiger partial charge in [-0.2, -0.15) is 0 Å². The van der Waals surface area contributed by atoms with Crippen molar-refractivity contribution < 1.29 is 0 Å². The summed E-state index contributed by atoms with van der Waals surface area (Å²) in [5.74, 6) is 0. The molecule has 3 aromatic heterocycles. The van der Waals surface area contributed by atoms with E-state index in [0.717, 1.165) is 0 Å². The van der Waals surface area contributed by atoms with Crippen LogP contribution >= 0.6 is 22.7 Å². The predicted molar refractivity (Wildman–Crippen MR) is 155 cm³/mol. The third-order valence-electron chi connectivity index (χ3n) is 7.13. The molecular formula is C30H42S2Te. The van der Waals surface area contributed by atoms with Crippen LogP contribution in [0, 0.1) is 0 Å². The minimum absolute atomic E-state index is 0.155. The van der Waals surface area contributed by atoms with Crippen molar-refractivity contribution in [3.8, 4) is 0 Å². The molecule has 0 unspecified atom stereocenters. The van der Waals surface area contributed by atoms with E-state index in [0.29, 0.717) is 0 Å². The van der Waals surface area contributed by atoms with Gasteiger partial charge in [-0.3, -0.25) is 0 Å². The molecule has 3 heterocycles. The van der Waals surface area contributed by atoms with Crippen molar-refractivity contribution in [2.24, 2.45) is 0 Å². The minimum atomic E-state index is -0.155.